The minimum atomic E-state index is -1.03. The van der Waals surface area contributed by atoms with Gasteiger partial charge in [-0.05, 0) is 116 Å². The van der Waals surface area contributed by atoms with Gasteiger partial charge in [0, 0.05) is 18.6 Å². The molecule has 3 aliphatic heterocycles. The minimum Gasteiger partial charge on any atom is -0.390 e. The molecule has 0 aromatic heterocycles. The van der Waals surface area contributed by atoms with E-state index in [1.807, 2.05) is 13.8 Å². The zero-order valence-corrected chi connectivity index (χ0v) is 32.2. The number of morpholine rings is 1. The molecule has 0 aromatic rings. The molecule has 14 atom stereocenters. The lowest BCUT2D eigenvalue weighted by Gasteiger charge is -2.64. The summed E-state index contributed by atoms with van der Waals surface area (Å²) in [5.41, 5.74) is -0.476. The lowest BCUT2D eigenvalue weighted by molar-refractivity contribution is -0.256. The van der Waals surface area contributed by atoms with Gasteiger partial charge < -0.3 is 33.9 Å². The molecule has 5 saturated carbocycles. The Bertz CT molecular complexity index is 1250. The van der Waals surface area contributed by atoms with Crippen molar-refractivity contribution in [3.8, 4) is 0 Å². The fraction of sp³-hybridized carbons (Fsp3) is 1.00. The van der Waals surface area contributed by atoms with E-state index in [9.17, 15) is 10.2 Å². The molecule has 280 valence electrons. The number of ether oxygens (including phenoxy) is 5. The molecule has 8 rings (SSSR count). The van der Waals surface area contributed by atoms with Crippen LogP contribution < -0.4 is 0 Å². The Labute approximate surface area is 296 Å². The second-order valence-corrected chi connectivity index (χ2v) is 20.5. The van der Waals surface area contributed by atoms with Crippen LogP contribution in [0.1, 0.15) is 114 Å². The Morgan fingerprint density at radius 2 is 1.69 bits per heavy atom. The highest BCUT2D eigenvalue weighted by Gasteiger charge is 2.84. The number of aliphatic hydroxyl groups is 2. The average molecular weight is 688 g/mol. The monoisotopic (exact) mass is 688 g/mol. The highest BCUT2D eigenvalue weighted by Crippen LogP contribution is 2.89. The molecular formula is C41H69NO7. The van der Waals surface area contributed by atoms with Crippen LogP contribution in [0.5, 0.6) is 0 Å². The molecule has 3 heterocycles. The molecule has 2 spiro atoms. The molecule has 2 N–H and O–H groups in total. The zero-order valence-electron chi connectivity index (χ0n) is 32.2. The molecule has 0 unspecified atom stereocenters. The van der Waals surface area contributed by atoms with Crippen LogP contribution in [0.3, 0.4) is 0 Å². The van der Waals surface area contributed by atoms with E-state index in [4.69, 9.17) is 23.7 Å². The van der Waals surface area contributed by atoms with Gasteiger partial charge in [-0.3, -0.25) is 4.90 Å². The van der Waals surface area contributed by atoms with Crippen molar-refractivity contribution in [1.82, 2.24) is 4.90 Å². The maximum Gasteiger partial charge on any atom is 0.170 e. The van der Waals surface area contributed by atoms with Crippen LogP contribution >= 0.6 is 0 Å². The summed E-state index contributed by atoms with van der Waals surface area (Å²) in [6, 6.07) is 0.521. The quantitative estimate of drug-likeness (QED) is 0.319. The summed E-state index contributed by atoms with van der Waals surface area (Å²) in [5.74, 6) is 2.20. The highest BCUT2D eigenvalue weighted by atomic mass is 16.7. The number of nitrogens with zero attached hydrogens (tertiary/aromatic N) is 1. The maximum absolute atomic E-state index is 12.7. The molecule has 8 fully saturated rings. The second-order valence-electron chi connectivity index (χ2n) is 20.5. The van der Waals surface area contributed by atoms with Crippen LogP contribution in [0, 0.1) is 56.7 Å². The SMILES string of the molecule is CC(C)CO[C@@H]([C@H]1C[C@@H](C)[C@H]2[C@H](O1)[C@H](O)[C@@]1(C)[C@@H]3CC[C@H]4C(C)(C)[C@@H](O[C@H]5CN(C6COC6)CCO5)CC[C@@]45C[C@@]35CC[C@]21C)C(C)(C)O. The Balaban J connectivity index is 1.02. The van der Waals surface area contributed by atoms with Crippen LogP contribution in [0.15, 0.2) is 0 Å². The molecule has 5 aliphatic carbocycles. The summed E-state index contributed by atoms with van der Waals surface area (Å²) in [5, 5.41) is 23.9. The van der Waals surface area contributed by atoms with Gasteiger partial charge in [0.25, 0.3) is 0 Å². The van der Waals surface area contributed by atoms with Gasteiger partial charge >= 0.3 is 0 Å². The Kier molecular flexibility index (Phi) is 8.62. The molecule has 0 amide bonds. The summed E-state index contributed by atoms with van der Waals surface area (Å²) in [6.07, 6.45) is 8.03. The first-order chi connectivity index (χ1) is 23.0. The highest BCUT2D eigenvalue weighted by molar-refractivity contribution is 5.33. The van der Waals surface area contributed by atoms with Crippen molar-refractivity contribution in [2.75, 3.05) is 39.5 Å². The minimum absolute atomic E-state index is 0.0164. The molecule has 0 aromatic carbocycles. The van der Waals surface area contributed by atoms with Gasteiger partial charge in [-0.25, -0.2) is 0 Å². The third kappa shape index (κ3) is 5.03. The van der Waals surface area contributed by atoms with Gasteiger partial charge in [0.1, 0.15) is 6.10 Å². The number of hydrogen-bond donors (Lipinski definition) is 2. The fourth-order valence-electron chi connectivity index (χ4n) is 14.5. The van der Waals surface area contributed by atoms with Gasteiger partial charge in [-0.2, -0.15) is 0 Å². The van der Waals surface area contributed by atoms with Crippen molar-refractivity contribution in [2.24, 2.45) is 56.7 Å². The van der Waals surface area contributed by atoms with E-state index in [0.717, 1.165) is 45.8 Å². The summed E-state index contributed by atoms with van der Waals surface area (Å²) in [4.78, 5) is 2.51. The smallest absolute Gasteiger partial charge is 0.170 e. The molecule has 8 aliphatic rings. The van der Waals surface area contributed by atoms with Crippen LogP contribution in [0.25, 0.3) is 0 Å². The number of rotatable bonds is 8. The van der Waals surface area contributed by atoms with Crippen molar-refractivity contribution in [2.45, 2.75) is 162 Å². The molecule has 0 bridgehead atoms. The summed E-state index contributed by atoms with van der Waals surface area (Å²) < 4.78 is 32.1. The molecular weight excluding hydrogens is 618 g/mol. The van der Waals surface area contributed by atoms with Crippen LogP contribution in [-0.2, 0) is 23.7 Å². The standard InChI is InChI=1S/C41H69NO7/c1-24(2)20-47-35(37(6,7)44)27-18-25(3)32-33(48-27)34(43)39(9)29-11-10-28-36(4,5)30(49-31-19-42(16-17-46-31)26-21-45-22-26)12-13-40(28)23-41(29,40)15-14-38(32,39)8/h24-35,43-44H,10-23H2,1-9H3/t25-,27-,28+,29+,30+,31+,32+,33+,34+,35+,38-,39-,40-,41+/m1/s1. The second kappa shape index (κ2) is 11.8. The molecule has 3 saturated heterocycles. The summed E-state index contributed by atoms with van der Waals surface area (Å²) >= 11 is 0. The van der Waals surface area contributed by atoms with Crippen molar-refractivity contribution in [1.29, 1.82) is 0 Å². The van der Waals surface area contributed by atoms with Crippen molar-refractivity contribution in [3.63, 3.8) is 0 Å². The molecule has 8 heteroatoms. The van der Waals surface area contributed by atoms with Gasteiger partial charge in [0.15, 0.2) is 6.29 Å². The summed E-state index contributed by atoms with van der Waals surface area (Å²) in [7, 11) is 0. The van der Waals surface area contributed by atoms with Crippen molar-refractivity contribution >= 4 is 0 Å². The topological polar surface area (TPSA) is 89.9 Å². The molecule has 49 heavy (non-hydrogen) atoms. The maximum atomic E-state index is 12.7. The predicted molar refractivity (Wildman–Crippen MR) is 188 cm³/mol. The van der Waals surface area contributed by atoms with E-state index < -0.39 is 17.8 Å². The largest absolute Gasteiger partial charge is 0.390 e. The van der Waals surface area contributed by atoms with Gasteiger partial charge in [0.2, 0.25) is 0 Å². The van der Waals surface area contributed by atoms with Gasteiger partial charge in [-0.1, -0.05) is 48.5 Å². The van der Waals surface area contributed by atoms with E-state index in [0.29, 0.717) is 53.1 Å². The zero-order chi connectivity index (χ0) is 34.9. The molecule has 8 nitrogen and oxygen atoms in total. The summed E-state index contributed by atoms with van der Waals surface area (Å²) in [6.45, 7) is 25.2. The number of aliphatic hydroxyl groups excluding tert-OH is 1. The first kappa shape index (κ1) is 35.7. The van der Waals surface area contributed by atoms with Gasteiger partial charge in [0.05, 0.1) is 62.4 Å². The molecule has 0 radical (unpaired) electrons. The third-order valence-electron chi connectivity index (χ3n) is 16.9. The van der Waals surface area contributed by atoms with E-state index >= 15 is 0 Å². The lowest BCUT2D eigenvalue weighted by Crippen LogP contribution is -2.60. The van der Waals surface area contributed by atoms with E-state index in [2.05, 4.69) is 53.4 Å². The Morgan fingerprint density at radius 1 is 0.980 bits per heavy atom. The van der Waals surface area contributed by atoms with E-state index in [-0.39, 0.29) is 40.8 Å². The Hall–Kier alpha value is -0.320. The predicted octanol–water partition coefficient (Wildman–Crippen LogP) is 6.05. The first-order valence-electron chi connectivity index (χ1n) is 20.3. The number of fused-ring (bicyclic) bond motifs is 4. The fourth-order valence-corrected chi connectivity index (χ4v) is 14.5. The van der Waals surface area contributed by atoms with Crippen LogP contribution in [0.4, 0.5) is 0 Å². The third-order valence-corrected chi connectivity index (χ3v) is 16.9. The van der Waals surface area contributed by atoms with Crippen LogP contribution in [-0.4, -0.2) is 103 Å². The normalized spacial score (nSPS) is 51.6. The first-order valence-corrected chi connectivity index (χ1v) is 20.3. The van der Waals surface area contributed by atoms with Crippen molar-refractivity contribution in [3.05, 3.63) is 0 Å². The van der Waals surface area contributed by atoms with Crippen LogP contribution in [0.2, 0.25) is 0 Å². The average Bonchev–Trinajstić information content (AvgIpc) is 3.62. The van der Waals surface area contributed by atoms with Gasteiger partial charge in [-0.15, -0.1) is 0 Å². The number of hydrogen-bond acceptors (Lipinski definition) is 8. The van der Waals surface area contributed by atoms with E-state index in [1.165, 1.54) is 38.5 Å². The Morgan fingerprint density at radius 3 is 2.37 bits per heavy atom. The van der Waals surface area contributed by atoms with E-state index in [1.54, 1.807) is 0 Å². The van der Waals surface area contributed by atoms with Crippen molar-refractivity contribution < 1.29 is 33.9 Å². The lowest BCUT2D eigenvalue weighted by atomic mass is 9.41.